The molecule has 0 saturated heterocycles. The highest BCUT2D eigenvalue weighted by atomic mass is 32.2. The first-order chi connectivity index (χ1) is 9.55. The molecule has 0 aromatic heterocycles. The standard InChI is InChI=1S/C15H24N2O3S/c1-15(2,3)13(9-10-16)17-14(18)11-5-7-12(8-6-11)21(4,19)20/h5-8,13H,9-10,16H2,1-4H3,(H,17,18). The zero-order valence-electron chi connectivity index (χ0n) is 13.0. The lowest BCUT2D eigenvalue weighted by Gasteiger charge is -2.31. The quantitative estimate of drug-likeness (QED) is 0.864. The Balaban J connectivity index is 2.88. The molecule has 0 radical (unpaired) electrons. The van der Waals surface area contributed by atoms with Gasteiger partial charge in [0.1, 0.15) is 0 Å². The Labute approximate surface area is 126 Å². The maximum absolute atomic E-state index is 12.2. The van der Waals surface area contributed by atoms with E-state index in [0.717, 1.165) is 6.26 Å². The molecule has 1 atom stereocenters. The van der Waals surface area contributed by atoms with Gasteiger partial charge in [-0.1, -0.05) is 20.8 Å². The fourth-order valence-electron chi connectivity index (χ4n) is 1.98. The van der Waals surface area contributed by atoms with Crippen LogP contribution in [-0.2, 0) is 9.84 Å². The molecule has 1 amide bonds. The van der Waals surface area contributed by atoms with Crippen molar-refractivity contribution in [3.63, 3.8) is 0 Å². The van der Waals surface area contributed by atoms with E-state index < -0.39 is 9.84 Å². The van der Waals surface area contributed by atoms with E-state index in [1.807, 2.05) is 20.8 Å². The van der Waals surface area contributed by atoms with Crippen molar-refractivity contribution in [1.29, 1.82) is 0 Å². The van der Waals surface area contributed by atoms with Crippen LogP contribution < -0.4 is 11.1 Å². The van der Waals surface area contributed by atoms with Gasteiger partial charge in [0.2, 0.25) is 0 Å². The third-order valence-electron chi connectivity index (χ3n) is 3.35. The molecule has 0 bridgehead atoms. The highest BCUT2D eigenvalue weighted by molar-refractivity contribution is 7.90. The molecule has 1 aromatic carbocycles. The SMILES string of the molecule is CC(C)(C)C(CCN)NC(=O)c1ccc(S(C)(=O)=O)cc1. The van der Waals surface area contributed by atoms with Gasteiger partial charge in [-0.05, 0) is 42.6 Å². The smallest absolute Gasteiger partial charge is 0.251 e. The maximum atomic E-state index is 12.2. The Kier molecular flexibility index (Phi) is 5.53. The highest BCUT2D eigenvalue weighted by Crippen LogP contribution is 2.22. The second-order valence-electron chi connectivity index (χ2n) is 6.27. The summed E-state index contributed by atoms with van der Waals surface area (Å²) in [5, 5.41) is 2.96. The molecule has 5 nitrogen and oxygen atoms in total. The van der Waals surface area contributed by atoms with E-state index in [-0.39, 0.29) is 22.3 Å². The molecular formula is C15H24N2O3S. The molecule has 0 aliphatic carbocycles. The minimum atomic E-state index is -3.25. The van der Waals surface area contributed by atoms with Crippen LogP contribution in [-0.4, -0.2) is 33.2 Å². The molecule has 0 fully saturated rings. The van der Waals surface area contributed by atoms with Crippen LogP contribution >= 0.6 is 0 Å². The monoisotopic (exact) mass is 312 g/mol. The average molecular weight is 312 g/mol. The Morgan fingerprint density at radius 2 is 1.76 bits per heavy atom. The van der Waals surface area contributed by atoms with Gasteiger partial charge in [0.15, 0.2) is 9.84 Å². The molecule has 1 aromatic rings. The molecule has 0 aliphatic rings. The van der Waals surface area contributed by atoms with Crippen LogP contribution in [0.25, 0.3) is 0 Å². The topological polar surface area (TPSA) is 89.3 Å². The molecule has 0 heterocycles. The second kappa shape index (κ2) is 6.58. The molecule has 118 valence electrons. The van der Waals surface area contributed by atoms with E-state index in [0.29, 0.717) is 18.5 Å². The summed E-state index contributed by atoms with van der Waals surface area (Å²) in [6.07, 6.45) is 1.83. The number of sulfone groups is 1. The fourth-order valence-corrected chi connectivity index (χ4v) is 2.61. The average Bonchev–Trinajstić information content (AvgIpc) is 2.36. The first kappa shape index (κ1) is 17.7. The molecule has 1 unspecified atom stereocenters. The summed E-state index contributed by atoms with van der Waals surface area (Å²) in [5.41, 5.74) is 5.93. The van der Waals surface area contributed by atoms with Crippen LogP contribution in [0.5, 0.6) is 0 Å². The van der Waals surface area contributed by atoms with Gasteiger partial charge in [0.05, 0.1) is 4.90 Å². The van der Waals surface area contributed by atoms with Crippen LogP contribution in [0.15, 0.2) is 29.2 Å². The Hall–Kier alpha value is -1.40. The molecule has 21 heavy (non-hydrogen) atoms. The summed E-state index contributed by atoms with van der Waals surface area (Å²) in [4.78, 5) is 12.4. The molecular weight excluding hydrogens is 288 g/mol. The summed E-state index contributed by atoms with van der Waals surface area (Å²) in [7, 11) is -3.25. The minimum absolute atomic E-state index is 0.0374. The van der Waals surface area contributed by atoms with Gasteiger partial charge in [-0.3, -0.25) is 4.79 Å². The van der Waals surface area contributed by atoms with Crippen molar-refractivity contribution in [2.45, 2.75) is 38.1 Å². The summed E-state index contributed by atoms with van der Waals surface area (Å²) in [6.45, 7) is 6.62. The fraction of sp³-hybridized carbons (Fsp3) is 0.533. The Bertz CT molecular complexity index is 586. The normalized spacial score (nSPS) is 13.8. The van der Waals surface area contributed by atoms with Crippen molar-refractivity contribution in [2.24, 2.45) is 11.1 Å². The van der Waals surface area contributed by atoms with E-state index in [2.05, 4.69) is 5.32 Å². The lowest BCUT2D eigenvalue weighted by atomic mass is 9.84. The van der Waals surface area contributed by atoms with Crippen molar-refractivity contribution in [3.8, 4) is 0 Å². The van der Waals surface area contributed by atoms with Crippen LogP contribution in [0.2, 0.25) is 0 Å². The predicted octanol–water partition coefficient (Wildman–Crippen LogP) is 1.58. The molecule has 6 heteroatoms. The van der Waals surface area contributed by atoms with Crippen LogP contribution in [0.4, 0.5) is 0 Å². The third kappa shape index (κ3) is 5.13. The van der Waals surface area contributed by atoms with Crippen molar-refractivity contribution in [3.05, 3.63) is 29.8 Å². The first-order valence-corrected chi connectivity index (χ1v) is 8.76. The van der Waals surface area contributed by atoms with E-state index in [4.69, 9.17) is 5.73 Å². The third-order valence-corrected chi connectivity index (χ3v) is 4.48. The summed E-state index contributed by atoms with van der Waals surface area (Å²) < 4.78 is 22.8. The van der Waals surface area contributed by atoms with Crippen LogP contribution in [0, 0.1) is 5.41 Å². The van der Waals surface area contributed by atoms with Gasteiger partial charge in [-0.25, -0.2) is 8.42 Å². The van der Waals surface area contributed by atoms with Crippen molar-refractivity contribution >= 4 is 15.7 Å². The second-order valence-corrected chi connectivity index (χ2v) is 8.28. The zero-order valence-corrected chi connectivity index (χ0v) is 13.8. The van der Waals surface area contributed by atoms with Gasteiger partial charge >= 0.3 is 0 Å². The number of benzene rings is 1. The highest BCUT2D eigenvalue weighted by Gasteiger charge is 2.25. The van der Waals surface area contributed by atoms with Crippen LogP contribution in [0.3, 0.4) is 0 Å². The Morgan fingerprint density at radius 3 is 2.14 bits per heavy atom. The maximum Gasteiger partial charge on any atom is 0.251 e. The largest absolute Gasteiger partial charge is 0.349 e. The van der Waals surface area contributed by atoms with Gasteiger partial charge in [-0.2, -0.15) is 0 Å². The molecule has 0 saturated carbocycles. The number of rotatable bonds is 5. The molecule has 0 spiro atoms. The van der Waals surface area contributed by atoms with Gasteiger partial charge in [-0.15, -0.1) is 0 Å². The lowest BCUT2D eigenvalue weighted by molar-refractivity contribution is 0.0899. The zero-order chi connectivity index (χ0) is 16.3. The molecule has 1 rings (SSSR count). The number of hydrogen-bond acceptors (Lipinski definition) is 4. The molecule has 0 aliphatic heterocycles. The first-order valence-electron chi connectivity index (χ1n) is 6.87. The van der Waals surface area contributed by atoms with Gasteiger partial charge in [0, 0.05) is 17.9 Å². The lowest BCUT2D eigenvalue weighted by Crippen LogP contribution is -2.44. The number of amides is 1. The number of nitrogens with two attached hydrogens (primary N) is 1. The van der Waals surface area contributed by atoms with E-state index >= 15 is 0 Å². The minimum Gasteiger partial charge on any atom is -0.349 e. The van der Waals surface area contributed by atoms with E-state index in [9.17, 15) is 13.2 Å². The van der Waals surface area contributed by atoms with Crippen molar-refractivity contribution in [1.82, 2.24) is 5.32 Å². The predicted molar refractivity (Wildman–Crippen MR) is 83.9 cm³/mol. The van der Waals surface area contributed by atoms with Crippen LogP contribution in [0.1, 0.15) is 37.6 Å². The summed E-state index contributed by atoms with van der Waals surface area (Å²) >= 11 is 0. The van der Waals surface area contributed by atoms with E-state index in [1.165, 1.54) is 24.3 Å². The number of carbonyl (C=O) groups excluding carboxylic acids is 1. The summed E-state index contributed by atoms with van der Waals surface area (Å²) in [5.74, 6) is -0.219. The van der Waals surface area contributed by atoms with Crippen molar-refractivity contribution in [2.75, 3.05) is 12.8 Å². The van der Waals surface area contributed by atoms with E-state index in [1.54, 1.807) is 0 Å². The number of nitrogens with one attached hydrogen (secondary N) is 1. The summed E-state index contributed by atoms with van der Waals surface area (Å²) in [6, 6.07) is 5.89. The number of hydrogen-bond donors (Lipinski definition) is 2. The number of carbonyl (C=O) groups is 1. The molecule has 3 N–H and O–H groups in total. The van der Waals surface area contributed by atoms with Gasteiger partial charge in [0.25, 0.3) is 5.91 Å². The van der Waals surface area contributed by atoms with Crippen molar-refractivity contribution < 1.29 is 13.2 Å². The Morgan fingerprint density at radius 1 is 1.24 bits per heavy atom. The van der Waals surface area contributed by atoms with Gasteiger partial charge < -0.3 is 11.1 Å².